The van der Waals surface area contributed by atoms with E-state index in [1.54, 1.807) is 22.4 Å². The third-order valence-corrected chi connectivity index (χ3v) is 6.72. The van der Waals surface area contributed by atoms with Crippen LogP contribution in [0, 0.1) is 6.92 Å². The Morgan fingerprint density at radius 3 is 2.92 bits per heavy atom. The van der Waals surface area contributed by atoms with Crippen LogP contribution in [0.1, 0.15) is 25.0 Å². The number of thiophene rings is 1. The van der Waals surface area contributed by atoms with Gasteiger partial charge >= 0.3 is 0 Å². The molecule has 7 nitrogen and oxygen atoms in total. The van der Waals surface area contributed by atoms with Crippen molar-refractivity contribution in [2.45, 2.75) is 30.4 Å². The highest BCUT2D eigenvalue weighted by Gasteiger charge is 2.21. The van der Waals surface area contributed by atoms with Crippen molar-refractivity contribution in [3.05, 3.63) is 23.2 Å². The highest BCUT2D eigenvalue weighted by Crippen LogP contribution is 2.28. The molecule has 9 heteroatoms. The van der Waals surface area contributed by atoms with Gasteiger partial charge in [-0.15, -0.1) is 11.3 Å². The number of sulfonamides is 1. The zero-order chi connectivity index (χ0) is 17.2. The fraction of sp³-hybridized carbons (Fsp3) is 0.467. The summed E-state index contributed by atoms with van der Waals surface area (Å²) in [6, 6.07) is 3.34. The minimum absolute atomic E-state index is 0.156. The van der Waals surface area contributed by atoms with Gasteiger partial charge in [0.2, 0.25) is 15.9 Å². The molecule has 0 radical (unpaired) electrons. The molecule has 0 unspecified atom stereocenters. The van der Waals surface area contributed by atoms with Crippen molar-refractivity contribution in [1.29, 1.82) is 0 Å². The monoisotopic (exact) mass is 369 g/mol. The summed E-state index contributed by atoms with van der Waals surface area (Å²) < 4.78 is 32.6. The Bertz CT molecular complexity index is 825. The number of hydrogen-bond donors (Lipinski definition) is 1. The van der Waals surface area contributed by atoms with Crippen molar-refractivity contribution in [1.82, 2.24) is 14.8 Å². The van der Waals surface area contributed by atoms with Crippen molar-refractivity contribution in [2.75, 3.05) is 19.6 Å². The van der Waals surface area contributed by atoms with Crippen molar-refractivity contribution >= 4 is 27.3 Å². The van der Waals surface area contributed by atoms with E-state index in [4.69, 9.17) is 4.52 Å². The molecule has 0 aromatic carbocycles. The van der Waals surface area contributed by atoms with Gasteiger partial charge in [0.15, 0.2) is 5.76 Å². The molecule has 1 saturated heterocycles. The van der Waals surface area contributed by atoms with Gasteiger partial charge in [0.1, 0.15) is 4.21 Å². The second-order valence-electron chi connectivity index (χ2n) is 5.72. The molecule has 130 valence electrons. The highest BCUT2D eigenvalue weighted by atomic mass is 32.2. The number of carbonyl (C=O) groups is 1. The second-order valence-corrected chi connectivity index (χ2v) is 8.63. The van der Waals surface area contributed by atoms with E-state index in [9.17, 15) is 13.2 Å². The standard InChI is InChI=1S/C15H19N3O4S2/c1-11-8-13(22-17-11)12-9-15(23-10-12)24(20,21)16-5-3-7-18-6-2-4-14(18)19/h8-10,16H,2-7H2,1H3. The van der Waals surface area contributed by atoms with Crippen LogP contribution in [0.15, 0.2) is 26.2 Å². The molecule has 1 N–H and O–H groups in total. The van der Waals surface area contributed by atoms with Crippen LogP contribution in [0.5, 0.6) is 0 Å². The Morgan fingerprint density at radius 1 is 1.42 bits per heavy atom. The molecule has 0 atom stereocenters. The zero-order valence-electron chi connectivity index (χ0n) is 13.3. The summed E-state index contributed by atoms with van der Waals surface area (Å²) in [5.74, 6) is 0.709. The van der Waals surface area contributed by atoms with Crippen LogP contribution >= 0.6 is 11.3 Å². The largest absolute Gasteiger partial charge is 0.356 e. The van der Waals surface area contributed by atoms with Gasteiger partial charge < -0.3 is 9.42 Å². The lowest BCUT2D eigenvalue weighted by molar-refractivity contribution is -0.127. The number of rotatable bonds is 7. The first-order valence-electron chi connectivity index (χ1n) is 7.75. The lowest BCUT2D eigenvalue weighted by atomic mass is 10.2. The van der Waals surface area contributed by atoms with E-state index < -0.39 is 10.0 Å². The molecule has 0 spiro atoms. The first-order chi connectivity index (χ1) is 11.5. The summed E-state index contributed by atoms with van der Waals surface area (Å²) in [6.45, 7) is 3.48. The van der Waals surface area contributed by atoms with Gasteiger partial charge in [0.25, 0.3) is 0 Å². The van der Waals surface area contributed by atoms with Crippen LogP contribution in [0.3, 0.4) is 0 Å². The van der Waals surface area contributed by atoms with E-state index in [0.29, 0.717) is 37.3 Å². The summed E-state index contributed by atoms with van der Waals surface area (Å²) in [7, 11) is -3.55. The average Bonchev–Trinajstić information content (AvgIpc) is 3.25. The summed E-state index contributed by atoms with van der Waals surface area (Å²) in [5, 5.41) is 5.53. The predicted octanol–water partition coefficient (Wildman–Crippen LogP) is 2.00. The van der Waals surface area contributed by atoms with Crippen LogP contribution < -0.4 is 4.72 Å². The second kappa shape index (κ2) is 7.04. The molecular weight excluding hydrogens is 350 g/mol. The first-order valence-corrected chi connectivity index (χ1v) is 10.1. The highest BCUT2D eigenvalue weighted by molar-refractivity contribution is 7.91. The molecule has 1 aliphatic rings. The SMILES string of the molecule is Cc1cc(-c2csc(S(=O)(=O)NCCCN3CCCC3=O)c2)on1. The summed E-state index contributed by atoms with van der Waals surface area (Å²) >= 11 is 1.14. The Labute approximate surface area is 144 Å². The number of amides is 1. The minimum atomic E-state index is -3.55. The van der Waals surface area contributed by atoms with Crippen molar-refractivity contribution in [3.8, 4) is 11.3 Å². The van der Waals surface area contributed by atoms with E-state index >= 15 is 0 Å². The summed E-state index contributed by atoms with van der Waals surface area (Å²) in [4.78, 5) is 13.3. The van der Waals surface area contributed by atoms with E-state index in [0.717, 1.165) is 30.0 Å². The smallest absolute Gasteiger partial charge is 0.250 e. The van der Waals surface area contributed by atoms with Crippen LogP contribution in [-0.2, 0) is 14.8 Å². The lowest BCUT2D eigenvalue weighted by Crippen LogP contribution is -2.30. The third kappa shape index (κ3) is 3.85. The van der Waals surface area contributed by atoms with E-state index in [1.807, 2.05) is 6.92 Å². The number of carbonyl (C=O) groups excluding carboxylic acids is 1. The predicted molar refractivity (Wildman–Crippen MR) is 90.2 cm³/mol. The molecule has 0 bridgehead atoms. The maximum absolute atomic E-state index is 12.3. The molecule has 3 rings (SSSR count). The third-order valence-electron chi connectivity index (χ3n) is 3.82. The molecule has 2 aromatic rings. The van der Waals surface area contributed by atoms with E-state index in [2.05, 4.69) is 9.88 Å². The Balaban J connectivity index is 1.55. The number of hydrogen-bond acceptors (Lipinski definition) is 6. The van der Waals surface area contributed by atoms with Gasteiger partial charge in [0, 0.05) is 43.1 Å². The van der Waals surface area contributed by atoms with Gasteiger partial charge in [-0.25, -0.2) is 13.1 Å². The van der Waals surface area contributed by atoms with Crippen molar-refractivity contribution in [2.24, 2.45) is 0 Å². The summed E-state index contributed by atoms with van der Waals surface area (Å²) in [6.07, 6.45) is 2.10. The number of aromatic nitrogens is 1. The van der Waals surface area contributed by atoms with Gasteiger partial charge in [-0.05, 0) is 25.8 Å². The molecule has 2 aromatic heterocycles. The minimum Gasteiger partial charge on any atom is -0.356 e. The number of likely N-dealkylation sites (tertiary alicyclic amines) is 1. The first kappa shape index (κ1) is 17.1. The van der Waals surface area contributed by atoms with Crippen LogP contribution in [0.2, 0.25) is 0 Å². The van der Waals surface area contributed by atoms with Gasteiger partial charge in [0.05, 0.1) is 5.69 Å². The van der Waals surface area contributed by atoms with E-state index in [1.165, 1.54) is 0 Å². The molecule has 24 heavy (non-hydrogen) atoms. The molecule has 0 aliphatic carbocycles. The fourth-order valence-corrected chi connectivity index (χ4v) is 4.86. The lowest BCUT2D eigenvalue weighted by Gasteiger charge is -2.15. The molecule has 3 heterocycles. The van der Waals surface area contributed by atoms with Crippen LogP contribution in [0.4, 0.5) is 0 Å². The maximum Gasteiger partial charge on any atom is 0.250 e. The molecule has 1 amide bonds. The van der Waals surface area contributed by atoms with Gasteiger partial charge in [-0.3, -0.25) is 4.79 Å². The number of nitrogens with zero attached hydrogens (tertiary/aromatic N) is 2. The Morgan fingerprint density at radius 2 is 2.25 bits per heavy atom. The Kier molecular flexibility index (Phi) is 5.02. The van der Waals surface area contributed by atoms with E-state index in [-0.39, 0.29) is 10.1 Å². The quantitative estimate of drug-likeness (QED) is 0.754. The molecular formula is C15H19N3O4S2. The number of nitrogens with one attached hydrogen (secondary N) is 1. The zero-order valence-corrected chi connectivity index (χ0v) is 15.0. The average molecular weight is 369 g/mol. The van der Waals surface area contributed by atoms with Gasteiger partial charge in [-0.2, -0.15) is 0 Å². The van der Waals surface area contributed by atoms with Gasteiger partial charge in [-0.1, -0.05) is 5.16 Å². The van der Waals surface area contributed by atoms with Crippen LogP contribution in [0.25, 0.3) is 11.3 Å². The van der Waals surface area contributed by atoms with Crippen molar-refractivity contribution in [3.63, 3.8) is 0 Å². The maximum atomic E-state index is 12.3. The number of aryl methyl sites for hydroxylation is 1. The molecule has 1 aliphatic heterocycles. The molecule has 1 fully saturated rings. The molecule has 0 saturated carbocycles. The topological polar surface area (TPSA) is 92.5 Å². The van der Waals surface area contributed by atoms with Crippen molar-refractivity contribution < 1.29 is 17.7 Å². The summed E-state index contributed by atoms with van der Waals surface area (Å²) in [5.41, 5.74) is 1.44. The normalized spacial score (nSPS) is 15.4. The van der Waals surface area contributed by atoms with Crippen LogP contribution in [-0.4, -0.2) is 44.0 Å². The fourth-order valence-electron chi connectivity index (χ4n) is 2.57. The Hall–Kier alpha value is -1.71.